The lowest BCUT2D eigenvalue weighted by Crippen LogP contribution is -2.05. The summed E-state index contributed by atoms with van der Waals surface area (Å²) < 4.78 is 4.68. The van der Waals surface area contributed by atoms with Gasteiger partial charge < -0.3 is 10.1 Å². The monoisotopic (exact) mass is 269 g/mol. The van der Waals surface area contributed by atoms with E-state index in [2.05, 4.69) is 17.0 Å². The first kappa shape index (κ1) is 14.8. The Hall–Kier alpha value is -1.22. The molecule has 0 aromatic heterocycles. The fourth-order valence-electron chi connectivity index (χ4n) is 1.68. The number of nitrogens with one attached hydrogen (secondary N) is 1. The molecule has 1 aromatic carbocycles. The van der Waals surface area contributed by atoms with Crippen LogP contribution in [0.15, 0.2) is 18.2 Å². The van der Waals surface area contributed by atoms with Crippen LogP contribution in [-0.2, 0) is 4.74 Å². The van der Waals surface area contributed by atoms with Gasteiger partial charge in [-0.3, -0.25) is 0 Å². The second-order valence-corrected chi connectivity index (χ2v) is 4.58. The Balaban J connectivity index is 2.56. The van der Waals surface area contributed by atoms with Gasteiger partial charge in [0.2, 0.25) is 0 Å². The first-order chi connectivity index (χ1) is 8.69. The van der Waals surface area contributed by atoms with Gasteiger partial charge in [0.1, 0.15) is 0 Å². The summed E-state index contributed by atoms with van der Waals surface area (Å²) in [6, 6.07) is 5.10. The van der Waals surface area contributed by atoms with Crippen molar-refractivity contribution in [3.63, 3.8) is 0 Å². The number of ether oxygens (including phenoxy) is 1. The van der Waals surface area contributed by atoms with Crippen LogP contribution < -0.4 is 5.32 Å². The molecule has 100 valence electrons. The van der Waals surface area contributed by atoms with Crippen LogP contribution in [0.2, 0.25) is 5.02 Å². The van der Waals surface area contributed by atoms with E-state index in [0.29, 0.717) is 10.6 Å². The van der Waals surface area contributed by atoms with Gasteiger partial charge in [-0.25, -0.2) is 4.79 Å². The Kier molecular flexibility index (Phi) is 6.58. The van der Waals surface area contributed by atoms with E-state index in [1.165, 1.54) is 26.4 Å². The van der Waals surface area contributed by atoms with E-state index in [4.69, 9.17) is 11.6 Å². The summed E-state index contributed by atoms with van der Waals surface area (Å²) in [5, 5.41) is 3.87. The molecule has 0 amide bonds. The van der Waals surface area contributed by atoms with Crippen molar-refractivity contribution in [2.45, 2.75) is 32.6 Å². The van der Waals surface area contributed by atoms with Crippen molar-refractivity contribution in [3.05, 3.63) is 28.8 Å². The third-order valence-electron chi connectivity index (χ3n) is 2.73. The summed E-state index contributed by atoms with van der Waals surface area (Å²) >= 11 is 6.07. The number of carbonyl (C=O) groups is 1. The van der Waals surface area contributed by atoms with Gasteiger partial charge in [-0.05, 0) is 24.6 Å². The third kappa shape index (κ3) is 4.57. The number of halogens is 1. The van der Waals surface area contributed by atoms with Crippen LogP contribution in [0.25, 0.3) is 0 Å². The van der Waals surface area contributed by atoms with Crippen LogP contribution in [0, 0.1) is 0 Å². The van der Waals surface area contributed by atoms with Gasteiger partial charge in [-0.15, -0.1) is 0 Å². The first-order valence-corrected chi connectivity index (χ1v) is 6.68. The molecule has 0 fully saturated rings. The molecule has 0 aliphatic heterocycles. The molecule has 0 saturated heterocycles. The maximum absolute atomic E-state index is 11.4. The maximum Gasteiger partial charge on any atom is 0.337 e. The molecule has 0 saturated carbocycles. The molecule has 0 unspecified atom stereocenters. The maximum atomic E-state index is 11.4. The molecule has 1 N–H and O–H groups in total. The molecule has 0 spiro atoms. The van der Waals surface area contributed by atoms with Gasteiger partial charge in [0.25, 0.3) is 0 Å². The van der Waals surface area contributed by atoms with Gasteiger partial charge in [-0.1, -0.05) is 37.8 Å². The molecule has 0 aliphatic rings. The number of esters is 1. The minimum absolute atomic E-state index is 0.347. The number of anilines is 1. The van der Waals surface area contributed by atoms with Crippen LogP contribution in [0.1, 0.15) is 43.0 Å². The number of rotatable bonds is 7. The van der Waals surface area contributed by atoms with Crippen molar-refractivity contribution in [3.8, 4) is 0 Å². The summed E-state index contributed by atoms with van der Waals surface area (Å²) in [6.07, 6.45) is 4.78. The first-order valence-electron chi connectivity index (χ1n) is 6.30. The molecule has 0 atom stereocenters. The highest BCUT2D eigenvalue weighted by molar-refractivity contribution is 6.33. The summed E-state index contributed by atoms with van der Waals surface area (Å²) in [6.45, 7) is 3.05. The minimum Gasteiger partial charge on any atom is -0.465 e. The standard InChI is InChI=1S/C14H20ClNO2/c1-3-4-5-6-9-16-13-10-11(14(17)18-2)7-8-12(13)15/h7-8,10,16H,3-6,9H2,1-2H3. The van der Waals surface area contributed by atoms with Gasteiger partial charge in [-0.2, -0.15) is 0 Å². The van der Waals surface area contributed by atoms with E-state index in [1.54, 1.807) is 18.2 Å². The van der Waals surface area contributed by atoms with E-state index in [-0.39, 0.29) is 5.97 Å². The zero-order chi connectivity index (χ0) is 13.4. The zero-order valence-corrected chi connectivity index (χ0v) is 11.7. The summed E-state index contributed by atoms with van der Waals surface area (Å²) in [5.41, 5.74) is 1.30. The van der Waals surface area contributed by atoms with Gasteiger partial charge in [0.05, 0.1) is 23.4 Å². The van der Waals surface area contributed by atoms with Crippen LogP contribution >= 0.6 is 11.6 Å². The highest BCUT2D eigenvalue weighted by Crippen LogP contribution is 2.23. The number of carbonyl (C=O) groups excluding carboxylic acids is 1. The number of methoxy groups -OCH3 is 1. The average Bonchev–Trinajstić information content (AvgIpc) is 2.39. The van der Waals surface area contributed by atoms with Crippen molar-refractivity contribution >= 4 is 23.3 Å². The molecule has 0 aliphatic carbocycles. The Morgan fingerprint density at radius 3 is 2.78 bits per heavy atom. The number of unbranched alkanes of at least 4 members (excludes halogenated alkanes) is 3. The largest absolute Gasteiger partial charge is 0.465 e. The molecule has 0 heterocycles. The number of hydrogen-bond donors (Lipinski definition) is 1. The Bertz CT molecular complexity index is 393. The molecule has 3 nitrogen and oxygen atoms in total. The second kappa shape index (κ2) is 7.98. The zero-order valence-electron chi connectivity index (χ0n) is 11.0. The van der Waals surface area contributed by atoms with Crippen LogP contribution in [-0.4, -0.2) is 19.6 Å². The predicted octanol–water partition coefficient (Wildman–Crippen LogP) is 4.12. The van der Waals surface area contributed by atoms with Crippen molar-refractivity contribution in [1.29, 1.82) is 0 Å². The molecule has 0 radical (unpaired) electrons. The predicted molar refractivity (Wildman–Crippen MR) is 75.4 cm³/mol. The molecular formula is C14H20ClNO2. The lowest BCUT2D eigenvalue weighted by molar-refractivity contribution is 0.0601. The summed E-state index contributed by atoms with van der Waals surface area (Å²) in [5.74, 6) is -0.347. The minimum atomic E-state index is -0.347. The molecule has 1 aromatic rings. The lowest BCUT2D eigenvalue weighted by Gasteiger charge is -2.09. The Morgan fingerprint density at radius 1 is 1.33 bits per heavy atom. The third-order valence-corrected chi connectivity index (χ3v) is 3.06. The highest BCUT2D eigenvalue weighted by atomic mass is 35.5. The molecule has 4 heteroatoms. The van der Waals surface area contributed by atoms with E-state index >= 15 is 0 Å². The van der Waals surface area contributed by atoms with E-state index in [0.717, 1.165) is 18.7 Å². The molecular weight excluding hydrogens is 250 g/mol. The van der Waals surface area contributed by atoms with Crippen molar-refractivity contribution in [2.24, 2.45) is 0 Å². The van der Waals surface area contributed by atoms with Crippen molar-refractivity contribution in [2.75, 3.05) is 19.0 Å². The van der Waals surface area contributed by atoms with Gasteiger partial charge in [0.15, 0.2) is 0 Å². The smallest absolute Gasteiger partial charge is 0.337 e. The SMILES string of the molecule is CCCCCCNc1cc(C(=O)OC)ccc1Cl. The highest BCUT2D eigenvalue weighted by Gasteiger charge is 2.08. The van der Waals surface area contributed by atoms with Gasteiger partial charge >= 0.3 is 5.97 Å². The molecule has 1 rings (SSSR count). The topological polar surface area (TPSA) is 38.3 Å². The van der Waals surface area contributed by atoms with E-state index in [9.17, 15) is 4.79 Å². The summed E-state index contributed by atoms with van der Waals surface area (Å²) in [4.78, 5) is 11.4. The van der Waals surface area contributed by atoms with Crippen molar-refractivity contribution < 1.29 is 9.53 Å². The fraction of sp³-hybridized carbons (Fsp3) is 0.500. The normalized spacial score (nSPS) is 10.2. The quantitative estimate of drug-likeness (QED) is 0.598. The van der Waals surface area contributed by atoms with Crippen molar-refractivity contribution in [1.82, 2.24) is 0 Å². The molecule has 18 heavy (non-hydrogen) atoms. The Morgan fingerprint density at radius 2 is 2.11 bits per heavy atom. The molecule has 0 bridgehead atoms. The van der Waals surface area contributed by atoms with Crippen LogP contribution in [0.4, 0.5) is 5.69 Å². The second-order valence-electron chi connectivity index (χ2n) is 4.17. The average molecular weight is 270 g/mol. The van der Waals surface area contributed by atoms with Gasteiger partial charge in [0, 0.05) is 6.54 Å². The fourth-order valence-corrected chi connectivity index (χ4v) is 1.86. The lowest BCUT2D eigenvalue weighted by atomic mass is 10.2. The van der Waals surface area contributed by atoms with E-state index < -0.39 is 0 Å². The van der Waals surface area contributed by atoms with Crippen LogP contribution in [0.3, 0.4) is 0 Å². The number of hydrogen-bond acceptors (Lipinski definition) is 3. The Labute approximate surface area is 113 Å². The van der Waals surface area contributed by atoms with E-state index in [1.807, 2.05) is 0 Å². The van der Waals surface area contributed by atoms with Crippen LogP contribution in [0.5, 0.6) is 0 Å². The number of benzene rings is 1. The summed E-state index contributed by atoms with van der Waals surface area (Å²) in [7, 11) is 1.37.